The standard InChI is InChI=1S/C12H19BrN2S2/c13-11-5-6-16-12(11)7-9(15-14)8-17-10-3-1-2-4-10/h5-6,9-10,15H,1-4,7-8,14H2. The summed E-state index contributed by atoms with van der Waals surface area (Å²) in [5.74, 6) is 6.77. The second-order valence-electron chi connectivity index (χ2n) is 4.50. The zero-order chi connectivity index (χ0) is 12.1. The number of hydrogen-bond acceptors (Lipinski definition) is 4. The van der Waals surface area contributed by atoms with E-state index in [-0.39, 0.29) is 0 Å². The fraction of sp³-hybridized carbons (Fsp3) is 0.667. The Bertz CT molecular complexity index is 337. The Labute approximate surface area is 120 Å². The Morgan fingerprint density at radius 2 is 2.29 bits per heavy atom. The number of halogens is 1. The molecule has 0 saturated heterocycles. The lowest BCUT2D eigenvalue weighted by Crippen LogP contribution is -2.39. The van der Waals surface area contributed by atoms with Crippen LogP contribution < -0.4 is 11.3 Å². The summed E-state index contributed by atoms with van der Waals surface area (Å²) in [5.41, 5.74) is 2.96. The maximum absolute atomic E-state index is 5.65. The number of thiophene rings is 1. The minimum atomic E-state index is 0.385. The summed E-state index contributed by atoms with van der Waals surface area (Å²) < 4.78 is 1.22. The van der Waals surface area contributed by atoms with E-state index in [2.05, 4.69) is 44.6 Å². The van der Waals surface area contributed by atoms with Crippen molar-refractivity contribution in [3.05, 3.63) is 20.8 Å². The van der Waals surface area contributed by atoms with Crippen molar-refractivity contribution < 1.29 is 0 Å². The molecular formula is C12H19BrN2S2. The van der Waals surface area contributed by atoms with Crippen molar-refractivity contribution >= 4 is 39.0 Å². The van der Waals surface area contributed by atoms with E-state index in [4.69, 9.17) is 5.84 Å². The van der Waals surface area contributed by atoms with Crippen LogP contribution in [0.4, 0.5) is 0 Å². The van der Waals surface area contributed by atoms with Gasteiger partial charge in [-0.05, 0) is 40.2 Å². The predicted molar refractivity (Wildman–Crippen MR) is 81.5 cm³/mol. The molecule has 1 saturated carbocycles. The van der Waals surface area contributed by atoms with Crippen LogP contribution in [0.3, 0.4) is 0 Å². The molecular weight excluding hydrogens is 316 g/mol. The first-order valence-electron chi connectivity index (χ1n) is 6.09. The zero-order valence-corrected chi connectivity index (χ0v) is 13.0. The Kier molecular flexibility index (Phi) is 5.83. The lowest BCUT2D eigenvalue weighted by atomic mass is 10.2. The van der Waals surface area contributed by atoms with Crippen LogP contribution in [0.5, 0.6) is 0 Å². The Balaban J connectivity index is 1.78. The molecule has 0 spiro atoms. The zero-order valence-electron chi connectivity index (χ0n) is 9.82. The van der Waals surface area contributed by atoms with Crippen molar-refractivity contribution in [2.45, 2.75) is 43.4 Å². The molecule has 1 aromatic rings. The highest BCUT2D eigenvalue weighted by molar-refractivity contribution is 9.10. The fourth-order valence-corrected chi connectivity index (χ4v) is 5.15. The molecule has 0 amide bonds. The van der Waals surface area contributed by atoms with Gasteiger partial charge in [-0.15, -0.1) is 11.3 Å². The molecule has 1 aromatic heterocycles. The van der Waals surface area contributed by atoms with E-state index in [1.165, 1.54) is 35.0 Å². The van der Waals surface area contributed by atoms with Gasteiger partial charge >= 0.3 is 0 Å². The minimum absolute atomic E-state index is 0.385. The minimum Gasteiger partial charge on any atom is -0.271 e. The molecule has 0 aromatic carbocycles. The van der Waals surface area contributed by atoms with Crippen LogP contribution in [0.15, 0.2) is 15.9 Å². The van der Waals surface area contributed by atoms with E-state index < -0.39 is 0 Å². The highest BCUT2D eigenvalue weighted by Gasteiger charge is 2.18. The van der Waals surface area contributed by atoms with Crippen LogP contribution in [0.25, 0.3) is 0 Å². The van der Waals surface area contributed by atoms with Crippen molar-refractivity contribution in [2.75, 3.05) is 5.75 Å². The van der Waals surface area contributed by atoms with Gasteiger partial charge in [0.15, 0.2) is 0 Å². The molecule has 1 aliphatic carbocycles. The number of hydrogen-bond donors (Lipinski definition) is 2. The molecule has 0 aliphatic heterocycles. The summed E-state index contributed by atoms with van der Waals surface area (Å²) in [5, 5.41) is 2.99. The van der Waals surface area contributed by atoms with Crippen molar-refractivity contribution in [3.8, 4) is 0 Å². The van der Waals surface area contributed by atoms with Crippen LogP contribution >= 0.6 is 39.0 Å². The Hall–Kier alpha value is 0.450. The van der Waals surface area contributed by atoms with E-state index in [0.717, 1.165) is 17.4 Å². The smallest absolute Gasteiger partial charge is 0.0349 e. The quantitative estimate of drug-likeness (QED) is 0.617. The summed E-state index contributed by atoms with van der Waals surface area (Å²) in [4.78, 5) is 1.39. The van der Waals surface area contributed by atoms with Gasteiger partial charge < -0.3 is 0 Å². The fourth-order valence-electron chi connectivity index (χ4n) is 2.17. The van der Waals surface area contributed by atoms with Crippen molar-refractivity contribution in [2.24, 2.45) is 5.84 Å². The molecule has 2 nitrogen and oxygen atoms in total. The number of thioether (sulfide) groups is 1. The summed E-state index contributed by atoms with van der Waals surface area (Å²) in [6.07, 6.45) is 6.63. The number of nitrogens with one attached hydrogen (secondary N) is 1. The first-order valence-corrected chi connectivity index (χ1v) is 8.81. The van der Waals surface area contributed by atoms with E-state index in [9.17, 15) is 0 Å². The summed E-state index contributed by atoms with van der Waals surface area (Å²) in [6, 6.07) is 2.49. The molecule has 3 N–H and O–H groups in total. The van der Waals surface area contributed by atoms with Crippen molar-refractivity contribution in [3.63, 3.8) is 0 Å². The average Bonchev–Trinajstić information content (AvgIpc) is 2.96. The highest BCUT2D eigenvalue weighted by Crippen LogP contribution is 2.30. The molecule has 0 radical (unpaired) electrons. The van der Waals surface area contributed by atoms with Gasteiger partial charge in [-0.2, -0.15) is 11.8 Å². The third-order valence-corrected chi connectivity index (χ3v) is 6.68. The van der Waals surface area contributed by atoms with Gasteiger partial charge in [-0.3, -0.25) is 11.3 Å². The normalized spacial score (nSPS) is 18.7. The van der Waals surface area contributed by atoms with Gasteiger partial charge in [-0.1, -0.05) is 12.8 Å². The van der Waals surface area contributed by atoms with E-state index in [0.29, 0.717) is 6.04 Å². The molecule has 0 bridgehead atoms. The first kappa shape index (κ1) is 13.9. The maximum Gasteiger partial charge on any atom is 0.0349 e. The van der Waals surface area contributed by atoms with Crippen molar-refractivity contribution in [1.29, 1.82) is 0 Å². The van der Waals surface area contributed by atoms with Gasteiger partial charge in [0.1, 0.15) is 0 Å². The van der Waals surface area contributed by atoms with E-state index in [1.807, 2.05) is 0 Å². The van der Waals surface area contributed by atoms with Crippen LogP contribution in [-0.4, -0.2) is 17.0 Å². The number of hydrazine groups is 1. The van der Waals surface area contributed by atoms with Crippen LogP contribution in [0.2, 0.25) is 0 Å². The topological polar surface area (TPSA) is 38.0 Å². The number of rotatable bonds is 6. The second kappa shape index (κ2) is 7.14. The lowest BCUT2D eigenvalue weighted by Gasteiger charge is -2.17. The maximum atomic E-state index is 5.65. The molecule has 17 heavy (non-hydrogen) atoms. The average molecular weight is 335 g/mol. The van der Waals surface area contributed by atoms with Gasteiger partial charge in [0.25, 0.3) is 0 Å². The van der Waals surface area contributed by atoms with Crippen LogP contribution in [-0.2, 0) is 6.42 Å². The lowest BCUT2D eigenvalue weighted by molar-refractivity contribution is 0.577. The van der Waals surface area contributed by atoms with Gasteiger partial charge in [0, 0.05) is 32.8 Å². The summed E-state index contributed by atoms with van der Waals surface area (Å²) in [6.45, 7) is 0. The second-order valence-corrected chi connectivity index (χ2v) is 7.69. The Morgan fingerprint density at radius 1 is 1.53 bits per heavy atom. The van der Waals surface area contributed by atoms with Crippen LogP contribution in [0.1, 0.15) is 30.6 Å². The molecule has 96 valence electrons. The molecule has 1 heterocycles. The molecule has 1 fully saturated rings. The number of nitrogens with two attached hydrogens (primary N) is 1. The van der Waals surface area contributed by atoms with Crippen LogP contribution in [0, 0.1) is 0 Å². The molecule has 1 unspecified atom stereocenters. The van der Waals surface area contributed by atoms with E-state index >= 15 is 0 Å². The summed E-state index contributed by atoms with van der Waals surface area (Å²) >= 11 is 7.47. The van der Waals surface area contributed by atoms with Gasteiger partial charge in [-0.25, -0.2) is 0 Å². The van der Waals surface area contributed by atoms with Gasteiger partial charge in [0.2, 0.25) is 0 Å². The third-order valence-electron chi connectivity index (χ3n) is 3.19. The van der Waals surface area contributed by atoms with E-state index in [1.54, 1.807) is 11.3 Å². The SMILES string of the molecule is NNC(CSC1CCCC1)Cc1sccc1Br. The molecule has 1 aliphatic rings. The predicted octanol–water partition coefficient (Wildman–Crippen LogP) is 3.56. The first-order chi connectivity index (χ1) is 8.29. The molecule has 5 heteroatoms. The third kappa shape index (κ3) is 4.24. The largest absolute Gasteiger partial charge is 0.271 e. The highest BCUT2D eigenvalue weighted by atomic mass is 79.9. The Morgan fingerprint density at radius 3 is 2.88 bits per heavy atom. The summed E-state index contributed by atoms with van der Waals surface area (Å²) in [7, 11) is 0. The molecule has 2 rings (SSSR count). The monoisotopic (exact) mass is 334 g/mol. The van der Waals surface area contributed by atoms with Crippen molar-refractivity contribution in [1.82, 2.24) is 5.43 Å². The van der Waals surface area contributed by atoms with Gasteiger partial charge in [0.05, 0.1) is 0 Å². The molecule has 1 atom stereocenters.